The lowest BCUT2D eigenvalue weighted by Gasteiger charge is -2.12. The van der Waals surface area contributed by atoms with E-state index in [2.05, 4.69) is 15.4 Å². The number of amides is 2. The number of benzene rings is 3. The van der Waals surface area contributed by atoms with Crippen LogP contribution >= 0.6 is 0 Å². The van der Waals surface area contributed by atoms with Gasteiger partial charge in [-0.25, -0.2) is 13.1 Å². The third-order valence-electron chi connectivity index (χ3n) is 5.05. The largest absolute Gasteiger partial charge is 0.349 e. The van der Waals surface area contributed by atoms with Gasteiger partial charge in [0.25, 0.3) is 11.8 Å². The number of carbonyl (C=O) groups is 2. The van der Waals surface area contributed by atoms with Crippen molar-refractivity contribution in [3.63, 3.8) is 0 Å². The third-order valence-corrected chi connectivity index (χ3v) is 6.45. The molecule has 0 aliphatic heterocycles. The summed E-state index contributed by atoms with van der Waals surface area (Å²) in [5.41, 5.74) is 1.73. The van der Waals surface area contributed by atoms with Gasteiger partial charge < -0.3 is 10.6 Å². The molecular weight excluding hydrogens is 426 g/mol. The van der Waals surface area contributed by atoms with Gasteiger partial charge in [-0.3, -0.25) is 9.59 Å². The summed E-state index contributed by atoms with van der Waals surface area (Å²) in [5.74, 6) is -0.748. The van der Waals surface area contributed by atoms with E-state index in [-0.39, 0.29) is 29.0 Å². The van der Waals surface area contributed by atoms with Crippen LogP contribution in [0.25, 0.3) is 0 Å². The van der Waals surface area contributed by atoms with Gasteiger partial charge in [0.2, 0.25) is 10.0 Å². The monoisotopic (exact) mass is 449 g/mol. The van der Waals surface area contributed by atoms with E-state index in [1.54, 1.807) is 24.3 Å². The fraction of sp³-hybridized carbons (Fsp3) is 0.167. The highest BCUT2D eigenvalue weighted by molar-refractivity contribution is 7.89. The van der Waals surface area contributed by atoms with Crippen molar-refractivity contribution in [2.75, 3.05) is 5.32 Å². The van der Waals surface area contributed by atoms with Gasteiger partial charge in [0.15, 0.2) is 0 Å². The Bertz CT molecular complexity index is 1240. The van der Waals surface area contributed by atoms with Gasteiger partial charge in [-0.2, -0.15) is 0 Å². The predicted octanol–water partition coefficient (Wildman–Crippen LogP) is 3.31. The van der Waals surface area contributed by atoms with Gasteiger partial charge in [0.05, 0.1) is 16.1 Å². The van der Waals surface area contributed by atoms with Gasteiger partial charge in [-0.1, -0.05) is 48.5 Å². The lowest BCUT2D eigenvalue weighted by atomic mass is 10.1. The molecule has 0 heterocycles. The zero-order valence-electron chi connectivity index (χ0n) is 17.2. The first-order chi connectivity index (χ1) is 15.4. The molecule has 0 saturated heterocycles. The van der Waals surface area contributed by atoms with Gasteiger partial charge in [0, 0.05) is 18.2 Å². The molecule has 0 atom stereocenters. The van der Waals surface area contributed by atoms with Crippen molar-refractivity contribution in [2.24, 2.45) is 0 Å². The first-order valence-electron chi connectivity index (χ1n) is 10.3. The Morgan fingerprint density at radius 1 is 0.844 bits per heavy atom. The first-order valence-corrected chi connectivity index (χ1v) is 11.8. The molecule has 0 unspecified atom stereocenters. The number of sulfonamides is 1. The van der Waals surface area contributed by atoms with Gasteiger partial charge in [-0.15, -0.1) is 0 Å². The number of hydrogen-bond acceptors (Lipinski definition) is 4. The van der Waals surface area contributed by atoms with E-state index in [4.69, 9.17) is 0 Å². The molecule has 3 aromatic carbocycles. The van der Waals surface area contributed by atoms with Crippen LogP contribution in [0.15, 0.2) is 83.8 Å². The molecule has 3 aromatic rings. The number of hydrogen-bond donors (Lipinski definition) is 3. The quantitative estimate of drug-likeness (QED) is 0.491. The molecule has 0 bridgehead atoms. The molecule has 0 spiro atoms. The van der Waals surface area contributed by atoms with Crippen LogP contribution in [0, 0.1) is 0 Å². The Hall–Kier alpha value is -3.49. The topological polar surface area (TPSA) is 104 Å². The Morgan fingerprint density at radius 2 is 1.56 bits per heavy atom. The van der Waals surface area contributed by atoms with Crippen LogP contribution in [0.1, 0.15) is 39.1 Å². The minimum atomic E-state index is -3.81. The molecule has 0 radical (unpaired) electrons. The summed E-state index contributed by atoms with van der Waals surface area (Å²) in [6, 6.07) is 21.9. The molecule has 7 nitrogen and oxygen atoms in total. The Labute approximate surface area is 186 Å². The number of carbonyl (C=O) groups excluding carboxylic acids is 2. The summed E-state index contributed by atoms with van der Waals surface area (Å²) < 4.78 is 27.9. The molecule has 1 aliphatic carbocycles. The summed E-state index contributed by atoms with van der Waals surface area (Å²) in [6.45, 7) is 0.142. The average molecular weight is 450 g/mol. The lowest BCUT2D eigenvalue weighted by molar-refractivity contribution is 0.0952. The maximum atomic E-state index is 12.8. The molecule has 32 heavy (non-hydrogen) atoms. The second kappa shape index (κ2) is 9.33. The van der Waals surface area contributed by atoms with E-state index in [9.17, 15) is 18.0 Å². The van der Waals surface area contributed by atoms with Gasteiger partial charge in [-0.05, 0) is 48.7 Å². The summed E-state index contributed by atoms with van der Waals surface area (Å²) in [6.07, 6.45) is 1.92. The molecule has 1 saturated carbocycles. The van der Waals surface area contributed by atoms with Crippen molar-refractivity contribution in [2.45, 2.75) is 30.3 Å². The molecular formula is C24H23N3O4S. The lowest BCUT2D eigenvalue weighted by Crippen LogP contribution is -2.27. The Morgan fingerprint density at radius 3 is 2.31 bits per heavy atom. The number of anilines is 1. The molecule has 2 amide bonds. The van der Waals surface area contributed by atoms with E-state index in [1.807, 2.05) is 30.3 Å². The molecule has 0 aromatic heterocycles. The van der Waals surface area contributed by atoms with Crippen molar-refractivity contribution in [3.05, 3.63) is 95.6 Å². The molecule has 1 aliphatic rings. The maximum Gasteiger partial charge on any atom is 0.255 e. The molecule has 4 rings (SSSR count). The van der Waals surface area contributed by atoms with E-state index in [1.165, 1.54) is 24.3 Å². The SMILES string of the molecule is O=C(Nc1ccccc1C(=O)NC1CC1)c1cccc(S(=O)(=O)NCc2ccccc2)c1. The second-order valence-corrected chi connectivity index (χ2v) is 9.35. The summed E-state index contributed by atoms with van der Waals surface area (Å²) in [5, 5.41) is 5.63. The highest BCUT2D eigenvalue weighted by atomic mass is 32.2. The van der Waals surface area contributed by atoms with Crippen LogP contribution in [0.5, 0.6) is 0 Å². The first kappa shape index (κ1) is 21.7. The third kappa shape index (κ3) is 5.40. The van der Waals surface area contributed by atoms with Crippen LogP contribution in [0.3, 0.4) is 0 Å². The number of para-hydroxylation sites is 1. The van der Waals surface area contributed by atoms with E-state index in [0.29, 0.717) is 11.3 Å². The van der Waals surface area contributed by atoms with E-state index >= 15 is 0 Å². The number of rotatable bonds is 8. The standard InChI is InChI=1S/C24H23N3O4S/c28-23(27-22-12-5-4-11-21(22)24(29)26-19-13-14-19)18-9-6-10-20(15-18)32(30,31)25-16-17-7-2-1-3-8-17/h1-12,15,19,25H,13-14,16H2,(H,26,29)(H,27,28). The Kier molecular flexibility index (Phi) is 6.34. The number of nitrogens with one attached hydrogen (secondary N) is 3. The minimum Gasteiger partial charge on any atom is -0.349 e. The Balaban J connectivity index is 1.48. The van der Waals surface area contributed by atoms with Crippen molar-refractivity contribution >= 4 is 27.5 Å². The fourth-order valence-corrected chi connectivity index (χ4v) is 4.20. The van der Waals surface area contributed by atoms with Crippen LogP contribution in [-0.4, -0.2) is 26.3 Å². The molecule has 1 fully saturated rings. The highest BCUT2D eigenvalue weighted by Crippen LogP contribution is 2.22. The maximum absolute atomic E-state index is 12.8. The van der Waals surface area contributed by atoms with Crippen molar-refractivity contribution < 1.29 is 18.0 Å². The van der Waals surface area contributed by atoms with Crippen molar-refractivity contribution in [3.8, 4) is 0 Å². The predicted molar refractivity (Wildman–Crippen MR) is 122 cm³/mol. The van der Waals surface area contributed by atoms with Crippen LogP contribution in [0.2, 0.25) is 0 Å². The van der Waals surface area contributed by atoms with E-state index < -0.39 is 15.9 Å². The summed E-state index contributed by atoms with van der Waals surface area (Å²) in [4.78, 5) is 25.3. The average Bonchev–Trinajstić information content (AvgIpc) is 3.63. The van der Waals surface area contributed by atoms with Crippen LogP contribution < -0.4 is 15.4 Å². The molecule has 164 valence electrons. The van der Waals surface area contributed by atoms with Crippen LogP contribution in [0.4, 0.5) is 5.69 Å². The van der Waals surface area contributed by atoms with Gasteiger partial charge in [0.1, 0.15) is 0 Å². The summed E-state index contributed by atoms with van der Waals surface area (Å²) >= 11 is 0. The zero-order chi connectivity index (χ0) is 22.6. The minimum absolute atomic E-state index is 0.0131. The molecule has 8 heteroatoms. The van der Waals surface area contributed by atoms with Crippen molar-refractivity contribution in [1.82, 2.24) is 10.0 Å². The molecule has 3 N–H and O–H groups in total. The normalized spacial score (nSPS) is 13.4. The summed E-state index contributed by atoms with van der Waals surface area (Å²) in [7, 11) is -3.81. The second-order valence-electron chi connectivity index (χ2n) is 7.59. The fourth-order valence-electron chi connectivity index (χ4n) is 3.14. The highest BCUT2D eigenvalue weighted by Gasteiger charge is 2.25. The van der Waals surface area contributed by atoms with Crippen molar-refractivity contribution in [1.29, 1.82) is 0 Å². The smallest absolute Gasteiger partial charge is 0.255 e. The zero-order valence-corrected chi connectivity index (χ0v) is 18.1. The van der Waals surface area contributed by atoms with E-state index in [0.717, 1.165) is 18.4 Å². The van der Waals surface area contributed by atoms with Crippen LogP contribution in [-0.2, 0) is 16.6 Å². The van der Waals surface area contributed by atoms with Gasteiger partial charge >= 0.3 is 0 Å².